The number of carbonyl (C=O) groups is 3. The van der Waals surface area contributed by atoms with Gasteiger partial charge in [0.1, 0.15) is 23.8 Å². The van der Waals surface area contributed by atoms with E-state index >= 15 is 0 Å². The summed E-state index contributed by atoms with van der Waals surface area (Å²) in [5.74, 6) is -0.652. The van der Waals surface area contributed by atoms with E-state index in [1.807, 2.05) is 0 Å². The molecule has 1 fully saturated rings. The molecule has 146 valence electrons. The van der Waals surface area contributed by atoms with Crippen molar-refractivity contribution in [2.45, 2.75) is 18.9 Å². The minimum Gasteiger partial charge on any atom is -0.344 e. The van der Waals surface area contributed by atoms with Crippen LogP contribution in [0.2, 0.25) is 0 Å². The van der Waals surface area contributed by atoms with Crippen molar-refractivity contribution in [2.24, 2.45) is 0 Å². The summed E-state index contributed by atoms with van der Waals surface area (Å²) in [4.78, 5) is 58.4. The molecule has 1 atom stereocenters. The zero-order chi connectivity index (χ0) is 20.4. The molecule has 0 aliphatic carbocycles. The molecule has 1 saturated heterocycles. The lowest BCUT2D eigenvalue weighted by molar-refractivity contribution is -0.122. The van der Waals surface area contributed by atoms with E-state index in [2.05, 4.69) is 25.6 Å². The molecule has 4 rings (SSSR count). The second kappa shape index (κ2) is 7.50. The predicted octanol–water partition coefficient (Wildman–Crippen LogP) is 0.539. The normalized spacial score (nSPS) is 15.7. The first-order valence-corrected chi connectivity index (χ1v) is 8.84. The second-order valence-electron chi connectivity index (χ2n) is 6.48. The van der Waals surface area contributed by atoms with Gasteiger partial charge in [-0.05, 0) is 30.7 Å². The highest BCUT2D eigenvalue weighted by atomic mass is 16.2. The Morgan fingerprint density at radius 2 is 1.97 bits per heavy atom. The Kier molecular flexibility index (Phi) is 4.73. The number of nitrogens with one attached hydrogen (secondary N) is 3. The number of anilines is 1. The van der Waals surface area contributed by atoms with Crippen molar-refractivity contribution in [3.8, 4) is 11.4 Å². The first-order chi connectivity index (χ1) is 14.0. The Morgan fingerprint density at radius 3 is 2.59 bits per heavy atom. The molecule has 1 aliphatic heterocycles. The number of carbonyl (C=O) groups excluding carboxylic acids is 3. The lowest BCUT2D eigenvalue weighted by atomic mass is 10.1. The fourth-order valence-electron chi connectivity index (χ4n) is 2.96. The van der Waals surface area contributed by atoms with E-state index in [9.17, 15) is 19.2 Å². The lowest BCUT2D eigenvalue weighted by Crippen LogP contribution is -2.37. The van der Waals surface area contributed by atoms with Gasteiger partial charge in [0.25, 0.3) is 11.5 Å². The topological polar surface area (TPSA) is 139 Å². The molecule has 2 amide bonds. The minimum absolute atomic E-state index is 0.103. The standard InChI is InChI=1S/C19H16N6O4/c26-15-6-5-14(23-15)18(28)22-12-3-1-11(2-4-12)16-21-9-13(17(27)24-16)19(29)25-8-7-20-10-25/h1-4,7-10,14H,5-6H2,(H,22,28)(H,23,26)(H,21,24,27)/t14-/m0/s1. The summed E-state index contributed by atoms with van der Waals surface area (Å²) in [5.41, 5.74) is 0.488. The number of aromatic amines is 1. The SMILES string of the molecule is O=C1CC[C@@H](C(=O)Nc2ccc(-c3ncc(C(=O)n4ccnc4)c(=O)[nH]3)cc2)N1. The minimum atomic E-state index is -0.567. The van der Waals surface area contributed by atoms with Gasteiger partial charge in [0.15, 0.2) is 0 Å². The highest BCUT2D eigenvalue weighted by Crippen LogP contribution is 2.18. The Bertz CT molecular complexity index is 1130. The van der Waals surface area contributed by atoms with E-state index in [1.165, 1.54) is 29.5 Å². The van der Waals surface area contributed by atoms with Crippen LogP contribution in [-0.4, -0.2) is 43.3 Å². The quantitative estimate of drug-likeness (QED) is 0.592. The van der Waals surface area contributed by atoms with Gasteiger partial charge < -0.3 is 15.6 Å². The number of rotatable bonds is 4. The smallest absolute Gasteiger partial charge is 0.270 e. The first kappa shape index (κ1) is 18.3. The maximum Gasteiger partial charge on any atom is 0.270 e. The molecule has 3 aromatic rings. The third-order valence-electron chi connectivity index (χ3n) is 4.51. The molecule has 3 heterocycles. The second-order valence-corrected chi connectivity index (χ2v) is 6.48. The van der Waals surface area contributed by atoms with Gasteiger partial charge in [0, 0.05) is 36.3 Å². The van der Waals surface area contributed by atoms with E-state index in [4.69, 9.17) is 0 Å². The van der Waals surface area contributed by atoms with Crippen LogP contribution in [-0.2, 0) is 9.59 Å². The van der Waals surface area contributed by atoms with Gasteiger partial charge in [0.05, 0.1) is 0 Å². The number of benzene rings is 1. The summed E-state index contributed by atoms with van der Waals surface area (Å²) in [7, 11) is 0. The van der Waals surface area contributed by atoms with Gasteiger partial charge in [-0.2, -0.15) is 0 Å². The zero-order valence-electron chi connectivity index (χ0n) is 15.1. The van der Waals surface area contributed by atoms with Crippen LogP contribution in [0.5, 0.6) is 0 Å². The number of hydrogen-bond acceptors (Lipinski definition) is 6. The molecule has 0 spiro atoms. The molecular formula is C19H16N6O4. The highest BCUT2D eigenvalue weighted by molar-refractivity contribution is 5.99. The van der Waals surface area contributed by atoms with Crippen LogP contribution in [0.25, 0.3) is 11.4 Å². The molecule has 2 aromatic heterocycles. The van der Waals surface area contributed by atoms with Gasteiger partial charge >= 0.3 is 0 Å². The van der Waals surface area contributed by atoms with Crippen LogP contribution in [0.15, 0.2) is 54.0 Å². The monoisotopic (exact) mass is 392 g/mol. The molecule has 10 nitrogen and oxygen atoms in total. The summed E-state index contributed by atoms with van der Waals surface area (Å²) in [6.45, 7) is 0. The fraction of sp³-hybridized carbons (Fsp3) is 0.158. The molecule has 10 heteroatoms. The van der Waals surface area contributed by atoms with Crippen LogP contribution in [0.1, 0.15) is 23.2 Å². The Balaban J connectivity index is 1.48. The van der Waals surface area contributed by atoms with E-state index < -0.39 is 17.5 Å². The average Bonchev–Trinajstić information content (AvgIpc) is 3.40. The molecule has 3 N–H and O–H groups in total. The van der Waals surface area contributed by atoms with Gasteiger partial charge in [-0.15, -0.1) is 0 Å². The summed E-state index contributed by atoms with van der Waals surface area (Å²) in [6, 6.07) is 6.15. The molecule has 0 saturated carbocycles. The maximum absolute atomic E-state index is 12.3. The highest BCUT2D eigenvalue weighted by Gasteiger charge is 2.27. The van der Waals surface area contributed by atoms with E-state index in [-0.39, 0.29) is 23.2 Å². The van der Waals surface area contributed by atoms with Gasteiger partial charge in [-0.3, -0.25) is 23.7 Å². The zero-order valence-corrected chi connectivity index (χ0v) is 15.1. The Hall–Kier alpha value is -4.08. The lowest BCUT2D eigenvalue weighted by Gasteiger charge is -2.11. The molecular weight excluding hydrogens is 376 g/mol. The van der Waals surface area contributed by atoms with Crippen molar-refractivity contribution < 1.29 is 14.4 Å². The molecule has 0 bridgehead atoms. The number of aromatic nitrogens is 4. The summed E-state index contributed by atoms with van der Waals surface area (Å²) < 4.78 is 1.19. The van der Waals surface area contributed by atoms with E-state index in [0.29, 0.717) is 24.1 Å². The van der Waals surface area contributed by atoms with Crippen molar-refractivity contribution in [3.05, 3.63) is 65.1 Å². The van der Waals surface area contributed by atoms with Crippen LogP contribution < -0.4 is 16.2 Å². The Labute approximate surface area is 164 Å². The van der Waals surface area contributed by atoms with Crippen molar-refractivity contribution in [1.82, 2.24) is 24.8 Å². The molecule has 1 aromatic carbocycles. The van der Waals surface area contributed by atoms with Crippen molar-refractivity contribution in [2.75, 3.05) is 5.32 Å². The fourth-order valence-corrected chi connectivity index (χ4v) is 2.96. The molecule has 1 aliphatic rings. The summed E-state index contributed by atoms with van der Waals surface area (Å²) in [5, 5.41) is 5.34. The third kappa shape index (κ3) is 3.81. The van der Waals surface area contributed by atoms with Crippen LogP contribution in [0.4, 0.5) is 5.69 Å². The molecule has 29 heavy (non-hydrogen) atoms. The average molecular weight is 392 g/mol. The number of hydrogen-bond donors (Lipinski definition) is 3. The van der Waals surface area contributed by atoms with Gasteiger partial charge in [-0.25, -0.2) is 9.97 Å². The van der Waals surface area contributed by atoms with Crippen molar-refractivity contribution in [3.63, 3.8) is 0 Å². The van der Waals surface area contributed by atoms with Crippen LogP contribution >= 0.6 is 0 Å². The predicted molar refractivity (Wildman–Crippen MR) is 102 cm³/mol. The van der Waals surface area contributed by atoms with E-state index in [1.54, 1.807) is 24.3 Å². The number of imidazole rings is 1. The number of nitrogens with zero attached hydrogens (tertiary/aromatic N) is 3. The first-order valence-electron chi connectivity index (χ1n) is 8.84. The van der Waals surface area contributed by atoms with Gasteiger partial charge in [0.2, 0.25) is 11.8 Å². The Morgan fingerprint density at radius 1 is 1.17 bits per heavy atom. The molecule has 0 radical (unpaired) electrons. The molecule has 0 unspecified atom stereocenters. The number of amides is 2. The van der Waals surface area contributed by atoms with Crippen LogP contribution in [0.3, 0.4) is 0 Å². The third-order valence-corrected chi connectivity index (χ3v) is 4.51. The summed E-state index contributed by atoms with van der Waals surface area (Å²) >= 11 is 0. The van der Waals surface area contributed by atoms with Crippen molar-refractivity contribution >= 4 is 23.4 Å². The van der Waals surface area contributed by atoms with Crippen molar-refractivity contribution in [1.29, 1.82) is 0 Å². The summed E-state index contributed by atoms with van der Waals surface area (Å²) in [6.07, 6.45) is 6.22. The maximum atomic E-state index is 12.3. The van der Waals surface area contributed by atoms with E-state index in [0.717, 1.165) is 0 Å². The van der Waals surface area contributed by atoms with Crippen LogP contribution in [0, 0.1) is 0 Å². The number of H-pyrrole nitrogens is 1. The largest absolute Gasteiger partial charge is 0.344 e. The van der Waals surface area contributed by atoms with Gasteiger partial charge in [-0.1, -0.05) is 0 Å².